The summed E-state index contributed by atoms with van der Waals surface area (Å²) in [5, 5.41) is 8.91. The molecule has 1 rings (SSSR count). The number of aliphatic carboxylic acids is 1. The highest BCUT2D eigenvalue weighted by molar-refractivity contribution is 5.74. The molecule has 0 aromatic carbocycles. The maximum absolute atomic E-state index is 10.9. The summed E-state index contributed by atoms with van der Waals surface area (Å²) in [4.78, 5) is 12.8. The van der Waals surface area contributed by atoms with E-state index in [9.17, 15) is 4.79 Å². The number of nitrogens with zero attached hydrogens (tertiary/aromatic N) is 1. The van der Waals surface area contributed by atoms with E-state index in [1.165, 1.54) is 12.8 Å². The average molecular weight is 200 g/mol. The van der Waals surface area contributed by atoms with Gasteiger partial charge >= 0.3 is 5.97 Å². The summed E-state index contributed by atoms with van der Waals surface area (Å²) in [5.41, 5.74) is 5.70. The van der Waals surface area contributed by atoms with Crippen LogP contribution < -0.4 is 5.73 Å². The number of carbonyl (C=O) groups is 1. The van der Waals surface area contributed by atoms with E-state index in [2.05, 4.69) is 0 Å². The minimum atomic E-state index is -0.893. The Morgan fingerprint density at radius 1 is 1.43 bits per heavy atom. The molecule has 0 spiro atoms. The van der Waals surface area contributed by atoms with E-state index in [1.54, 1.807) is 0 Å². The Kier molecular flexibility index (Phi) is 3.89. The lowest BCUT2D eigenvalue weighted by atomic mass is 9.91. The highest BCUT2D eigenvalue weighted by Crippen LogP contribution is 2.30. The van der Waals surface area contributed by atoms with Crippen LogP contribution >= 0.6 is 0 Å². The van der Waals surface area contributed by atoms with Crippen LogP contribution in [-0.4, -0.2) is 42.2 Å². The second-order valence-corrected chi connectivity index (χ2v) is 4.36. The number of carboxylic acid groups (broad SMARTS) is 1. The van der Waals surface area contributed by atoms with Crippen molar-refractivity contribution in [3.8, 4) is 0 Å². The molecule has 1 aliphatic rings. The van der Waals surface area contributed by atoms with Gasteiger partial charge in [-0.1, -0.05) is 12.8 Å². The number of carboxylic acids is 1. The first kappa shape index (κ1) is 11.5. The van der Waals surface area contributed by atoms with E-state index < -0.39 is 12.0 Å². The van der Waals surface area contributed by atoms with Crippen LogP contribution in [0.2, 0.25) is 0 Å². The van der Waals surface area contributed by atoms with Crippen molar-refractivity contribution in [3.63, 3.8) is 0 Å². The van der Waals surface area contributed by atoms with Crippen molar-refractivity contribution in [1.29, 1.82) is 0 Å². The van der Waals surface area contributed by atoms with Gasteiger partial charge in [0, 0.05) is 6.04 Å². The summed E-state index contributed by atoms with van der Waals surface area (Å²) < 4.78 is 0. The summed E-state index contributed by atoms with van der Waals surface area (Å²) in [6.45, 7) is 0. The number of rotatable bonds is 4. The molecule has 0 aromatic rings. The first-order valence-electron chi connectivity index (χ1n) is 5.19. The molecule has 0 saturated heterocycles. The van der Waals surface area contributed by atoms with E-state index in [4.69, 9.17) is 10.8 Å². The van der Waals surface area contributed by atoms with Gasteiger partial charge < -0.3 is 15.7 Å². The Morgan fingerprint density at radius 2 is 1.93 bits per heavy atom. The van der Waals surface area contributed by atoms with Crippen molar-refractivity contribution in [1.82, 2.24) is 4.90 Å². The van der Waals surface area contributed by atoms with Crippen LogP contribution in [0.15, 0.2) is 0 Å². The molecule has 2 atom stereocenters. The zero-order valence-corrected chi connectivity index (χ0v) is 8.94. The lowest BCUT2D eigenvalue weighted by Crippen LogP contribution is -2.52. The highest BCUT2D eigenvalue weighted by atomic mass is 16.4. The van der Waals surface area contributed by atoms with E-state index in [0.717, 1.165) is 12.8 Å². The third-order valence-electron chi connectivity index (χ3n) is 3.13. The lowest BCUT2D eigenvalue weighted by Gasteiger charge is -2.32. The average Bonchev–Trinajstić information content (AvgIpc) is 2.56. The molecule has 4 nitrogen and oxygen atoms in total. The molecule has 1 fully saturated rings. The fourth-order valence-electron chi connectivity index (χ4n) is 2.48. The smallest absolute Gasteiger partial charge is 0.322 e. The Labute approximate surface area is 85.1 Å². The van der Waals surface area contributed by atoms with Gasteiger partial charge in [-0.05, 0) is 32.9 Å². The van der Waals surface area contributed by atoms with Crippen molar-refractivity contribution < 1.29 is 9.90 Å². The van der Waals surface area contributed by atoms with Gasteiger partial charge in [-0.25, -0.2) is 0 Å². The Morgan fingerprint density at radius 3 is 2.29 bits per heavy atom. The molecule has 0 aliphatic heterocycles. The summed E-state index contributed by atoms with van der Waals surface area (Å²) in [6.07, 6.45) is 4.65. The predicted octanol–water partition coefficient (Wildman–Crippen LogP) is 0.519. The second-order valence-electron chi connectivity index (χ2n) is 4.36. The number of likely N-dealkylation sites (N-methyl/N-ethyl adjacent to an activating group) is 1. The van der Waals surface area contributed by atoms with E-state index >= 15 is 0 Å². The van der Waals surface area contributed by atoms with Gasteiger partial charge in [-0.3, -0.25) is 4.79 Å². The first-order valence-corrected chi connectivity index (χ1v) is 5.19. The van der Waals surface area contributed by atoms with Gasteiger partial charge in [-0.2, -0.15) is 0 Å². The largest absolute Gasteiger partial charge is 0.480 e. The lowest BCUT2D eigenvalue weighted by molar-refractivity contribution is -0.140. The normalized spacial score (nSPS) is 22.6. The zero-order valence-electron chi connectivity index (χ0n) is 8.94. The fourth-order valence-corrected chi connectivity index (χ4v) is 2.48. The number of hydrogen-bond acceptors (Lipinski definition) is 3. The molecule has 14 heavy (non-hydrogen) atoms. The molecule has 0 radical (unpaired) electrons. The third kappa shape index (κ3) is 2.45. The van der Waals surface area contributed by atoms with Crippen molar-refractivity contribution in [2.24, 2.45) is 11.7 Å². The monoisotopic (exact) mass is 200 g/mol. The summed E-state index contributed by atoms with van der Waals surface area (Å²) >= 11 is 0. The third-order valence-corrected chi connectivity index (χ3v) is 3.13. The predicted molar refractivity (Wildman–Crippen MR) is 55.0 cm³/mol. The van der Waals surface area contributed by atoms with Crippen LogP contribution in [0.3, 0.4) is 0 Å². The van der Waals surface area contributed by atoms with Crippen LogP contribution in [0.4, 0.5) is 0 Å². The fraction of sp³-hybridized carbons (Fsp3) is 0.900. The van der Waals surface area contributed by atoms with Crippen LogP contribution in [0.25, 0.3) is 0 Å². The summed E-state index contributed by atoms with van der Waals surface area (Å²) in [5.74, 6) is -0.438. The van der Waals surface area contributed by atoms with Gasteiger partial charge in [0.15, 0.2) is 0 Å². The molecule has 0 aromatic heterocycles. The molecule has 0 bridgehead atoms. The van der Waals surface area contributed by atoms with Gasteiger partial charge in [0.2, 0.25) is 0 Å². The number of hydrogen-bond donors (Lipinski definition) is 2. The molecule has 1 aliphatic carbocycles. The molecule has 4 heteroatoms. The van der Waals surface area contributed by atoms with Gasteiger partial charge in [0.05, 0.1) is 0 Å². The molecule has 0 amide bonds. The summed E-state index contributed by atoms with van der Waals surface area (Å²) in [7, 11) is 3.82. The Balaban J connectivity index is 2.67. The SMILES string of the molecule is CN(C)C(C1CCCC1)C(N)C(=O)O. The first-order chi connectivity index (χ1) is 6.54. The molecule has 1 saturated carbocycles. The van der Waals surface area contributed by atoms with Crippen LogP contribution in [0, 0.1) is 5.92 Å². The maximum atomic E-state index is 10.9. The zero-order chi connectivity index (χ0) is 10.7. The number of nitrogens with two attached hydrogens (primary N) is 1. The summed E-state index contributed by atoms with van der Waals surface area (Å²) in [6, 6.07) is -0.775. The van der Waals surface area contributed by atoms with Crippen LogP contribution in [-0.2, 0) is 4.79 Å². The molecular formula is C10H20N2O2. The molecular weight excluding hydrogens is 180 g/mol. The van der Waals surface area contributed by atoms with Crippen molar-refractivity contribution >= 4 is 5.97 Å². The van der Waals surface area contributed by atoms with E-state index in [-0.39, 0.29) is 6.04 Å². The highest BCUT2D eigenvalue weighted by Gasteiger charge is 2.34. The minimum Gasteiger partial charge on any atom is -0.480 e. The Hall–Kier alpha value is -0.610. The van der Waals surface area contributed by atoms with E-state index in [1.807, 2.05) is 19.0 Å². The van der Waals surface area contributed by atoms with Crippen molar-refractivity contribution in [3.05, 3.63) is 0 Å². The molecule has 82 valence electrons. The van der Waals surface area contributed by atoms with Crippen LogP contribution in [0.1, 0.15) is 25.7 Å². The van der Waals surface area contributed by atoms with E-state index in [0.29, 0.717) is 5.92 Å². The van der Waals surface area contributed by atoms with Gasteiger partial charge in [0.25, 0.3) is 0 Å². The second kappa shape index (κ2) is 4.75. The molecule has 2 unspecified atom stereocenters. The minimum absolute atomic E-state index is 0.0185. The van der Waals surface area contributed by atoms with Crippen molar-refractivity contribution in [2.75, 3.05) is 14.1 Å². The van der Waals surface area contributed by atoms with Gasteiger partial charge in [-0.15, -0.1) is 0 Å². The molecule has 3 N–H and O–H groups in total. The quantitative estimate of drug-likeness (QED) is 0.694. The Bertz CT molecular complexity index is 200. The topological polar surface area (TPSA) is 66.6 Å². The van der Waals surface area contributed by atoms with Crippen molar-refractivity contribution in [2.45, 2.75) is 37.8 Å². The molecule has 0 heterocycles. The van der Waals surface area contributed by atoms with Gasteiger partial charge in [0.1, 0.15) is 6.04 Å². The standard InChI is InChI=1S/C10H20N2O2/c1-12(2)9(8(11)10(13)14)7-5-3-4-6-7/h7-9H,3-6,11H2,1-2H3,(H,13,14). The maximum Gasteiger partial charge on any atom is 0.322 e. The van der Waals surface area contributed by atoms with Crippen LogP contribution in [0.5, 0.6) is 0 Å².